The standard InChI is InChI=1S/C50H92O10S2/c1-7-9-11-13-15-17-19-21-23-25-27-29-31-33-35-61-39-45(40-62-36-34-32-30-28-26-24-22-20-18-16-14-12-10-8-2)37-56-50-49(59-44(6)54)48(58-43(5)53)47(57-42(4)52)46(60-50)38-55-41(3)51/h45-50H,7-40H2,1-6H3/t46-,47-,48+,49-,50+/m1/s1. The summed E-state index contributed by atoms with van der Waals surface area (Å²) in [6.07, 6.45) is 31.9. The molecule has 1 fully saturated rings. The van der Waals surface area contributed by atoms with Gasteiger partial charge in [0.25, 0.3) is 0 Å². The second-order valence-corrected chi connectivity index (χ2v) is 19.9. The van der Waals surface area contributed by atoms with Gasteiger partial charge in [0.05, 0.1) is 6.61 Å². The van der Waals surface area contributed by atoms with Gasteiger partial charge in [-0.25, -0.2) is 0 Å². The molecule has 1 aliphatic rings. The Bertz CT molecular complexity index is 1070. The molecule has 0 radical (unpaired) electrons. The van der Waals surface area contributed by atoms with Crippen LogP contribution in [-0.4, -0.2) is 90.8 Å². The van der Waals surface area contributed by atoms with Gasteiger partial charge in [-0.1, -0.05) is 181 Å². The molecule has 0 spiro atoms. The molecule has 12 heteroatoms. The Morgan fingerprint density at radius 3 is 1.15 bits per heavy atom. The third-order valence-electron chi connectivity index (χ3n) is 11.4. The van der Waals surface area contributed by atoms with E-state index in [-0.39, 0.29) is 12.5 Å². The van der Waals surface area contributed by atoms with Crippen molar-refractivity contribution in [2.75, 3.05) is 36.2 Å². The van der Waals surface area contributed by atoms with Crippen LogP contribution < -0.4 is 0 Å². The minimum Gasteiger partial charge on any atom is -0.463 e. The molecule has 0 N–H and O–H groups in total. The van der Waals surface area contributed by atoms with Gasteiger partial charge in [0.2, 0.25) is 0 Å². The van der Waals surface area contributed by atoms with Crippen LogP contribution in [0.25, 0.3) is 0 Å². The number of thioether (sulfide) groups is 2. The van der Waals surface area contributed by atoms with Gasteiger partial charge < -0.3 is 28.4 Å². The molecule has 1 saturated heterocycles. The lowest BCUT2D eigenvalue weighted by Gasteiger charge is -2.44. The van der Waals surface area contributed by atoms with E-state index in [1.54, 1.807) is 0 Å². The van der Waals surface area contributed by atoms with Gasteiger partial charge in [-0.2, -0.15) is 23.5 Å². The molecule has 0 aromatic rings. The second-order valence-electron chi connectivity index (χ2n) is 17.6. The zero-order valence-electron chi connectivity index (χ0n) is 40.4. The van der Waals surface area contributed by atoms with E-state index in [9.17, 15) is 19.2 Å². The Labute approximate surface area is 387 Å². The highest BCUT2D eigenvalue weighted by Crippen LogP contribution is 2.31. The summed E-state index contributed by atoms with van der Waals surface area (Å²) < 4.78 is 34.7. The highest BCUT2D eigenvalue weighted by Gasteiger charge is 2.52. The van der Waals surface area contributed by atoms with Crippen molar-refractivity contribution >= 4 is 47.4 Å². The van der Waals surface area contributed by atoms with E-state index in [1.807, 2.05) is 23.5 Å². The van der Waals surface area contributed by atoms with Crippen LogP contribution in [-0.2, 0) is 47.6 Å². The van der Waals surface area contributed by atoms with E-state index in [4.69, 9.17) is 28.4 Å². The smallest absolute Gasteiger partial charge is 0.303 e. The fraction of sp³-hybridized carbons (Fsp3) is 0.920. The number of unbranched alkanes of at least 4 members (excludes halogenated alkanes) is 26. The van der Waals surface area contributed by atoms with Gasteiger partial charge in [0.1, 0.15) is 12.7 Å². The van der Waals surface area contributed by atoms with Gasteiger partial charge in [0.15, 0.2) is 24.6 Å². The maximum absolute atomic E-state index is 12.3. The molecule has 5 atom stereocenters. The molecule has 0 saturated carbocycles. The normalized spacial score (nSPS) is 18.8. The molecule has 1 heterocycles. The number of rotatable bonds is 42. The van der Waals surface area contributed by atoms with E-state index in [1.165, 1.54) is 207 Å². The maximum atomic E-state index is 12.3. The zero-order valence-corrected chi connectivity index (χ0v) is 42.0. The van der Waals surface area contributed by atoms with Crippen LogP contribution in [0.4, 0.5) is 0 Å². The van der Waals surface area contributed by atoms with Crippen LogP contribution in [0.15, 0.2) is 0 Å². The van der Waals surface area contributed by atoms with Gasteiger partial charge in [0, 0.05) is 33.6 Å². The molecule has 0 aliphatic carbocycles. The monoisotopic (exact) mass is 917 g/mol. The van der Waals surface area contributed by atoms with Crippen LogP contribution in [0.5, 0.6) is 0 Å². The minimum atomic E-state index is -1.23. The minimum absolute atomic E-state index is 0.190. The predicted molar refractivity (Wildman–Crippen MR) is 257 cm³/mol. The third kappa shape index (κ3) is 33.0. The summed E-state index contributed by atoms with van der Waals surface area (Å²) in [6.45, 7) is 9.56. The molecule has 1 aliphatic heterocycles. The molecule has 0 aromatic heterocycles. The van der Waals surface area contributed by atoms with Crippen LogP contribution in [0.2, 0.25) is 0 Å². The van der Waals surface area contributed by atoms with Crippen molar-refractivity contribution in [1.82, 2.24) is 0 Å². The Kier molecular flexibility index (Phi) is 38.7. The summed E-state index contributed by atoms with van der Waals surface area (Å²) in [5.41, 5.74) is 0. The molecular weight excluding hydrogens is 825 g/mol. The number of carbonyl (C=O) groups is 4. The van der Waals surface area contributed by atoms with Crippen LogP contribution in [0.1, 0.15) is 221 Å². The summed E-state index contributed by atoms with van der Waals surface area (Å²) in [4.78, 5) is 48.6. The summed E-state index contributed by atoms with van der Waals surface area (Å²) in [5.74, 6) is 1.71. The fourth-order valence-electron chi connectivity index (χ4n) is 8.00. The van der Waals surface area contributed by atoms with Crippen LogP contribution in [0.3, 0.4) is 0 Å². The summed E-state index contributed by atoms with van der Waals surface area (Å²) in [7, 11) is 0. The van der Waals surface area contributed by atoms with Crippen molar-refractivity contribution in [3.05, 3.63) is 0 Å². The Hall–Kier alpha value is -1.50. The lowest BCUT2D eigenvalue weighted by atomic mass is 9.98. The summed E-state index contributed by atoms with van der Waals surface area (Å²) >= 11 is 3.91. The van der Waals surface area contributed by atoms with Gasteiger partial charge >= 0.3 is 23.9 Å². The van der Waals surface area contributed by atoms with Crippen molar-refractivity contribution < 1.29 is 47.6 Å². The average Bonchev–Trinajstić information content (AvgIpc) is 3.22. The molecule has 364 valence electrons. The molecule has 0 amide bonds. The highest BCUT2D eigenvalue weighted by atomic mass is 32.2. The second kappa shape index (κ2) is 41.0. The first-order valence-electron chi connectivity index (χ1n) is 25.2. The third-order valence-corrected chi connectivity index (χ3v) is 14.0. The molecule has 10 nitrogen and oxygen atoms in total. The van der Waals surface area contributed by atoms with E-state index in [0.29, 0.717) is 6.61 Å². The SMILES string of the molecule is CCCCCCCCCCCCCCCCSCC(CO[C@H]1O[C@H](COC(C)=O)[C@@H](OC(C)=O)[C@H](OC(C)=O)[C@H]1OC(C)=O)CSCCCCCCCCCCCCCCCC. The van der Waals surface area contributed by atoms with Crippen LogP contribution in [0, 0.1) is 5.92 Å². The van der Waals surface area contributed by atoms with Crippen molar-refractivity contribution in [3.8, 4) is 0 Å². The van der Waals surface area contributed by atoms with Crippen molar-refractivity contribution in [1.29, 1.82) is 0 Å². The topological polar surface area (TPSA) is 124 Å². The lowest BCUT2D eigenvalue weighted by molar-refractivity contribution is -0.309. The van der Waals surface area contributed by atoms with E-state index < -0.39 is 54.6 Å². The molecular formula is C50H92O10S2. The predicted octanol–water partition coefficient (Wildman–Crippen LogP) is 13.1. The lowest BCUT2D eigenvalue weighted by Crippen LogP contribution is -2.63. The van der Waals surface area contributed by atoms with Gasteiger partial charge in [-0.3, -0.25) is 19.2 Å². The molecule has 62 heavy (non-hydrogen) atoms. The number of esters is 4. The van der Waals surface area contributed by atoms with Crippen molar-refractivity contribution in [2.24, 2.45) is 5.92 Å². The number of ether oxygens (including phenoxy) is 6. The van der Waals surface area contributed by atoms with Crippen molar-refractivity contribution in [2.45, 2.75) is 252 Å². The Morgan fingerprint density at radius 1 is 0.452 bits per heavy atom. The molecule has 1 rings (SSSR count). The Morgan fingerprint density at radius 2 is 0.790 bits per heavy atom. The van der Waals surface area contributed by atoms with E-state index >= 15 is 0 Å². The van der Waals surface area contributed by atoms with Crippen molar-refractivity contribution in [3.63, 3.8) is 0 Å². The van der Waals surface area contributed by atoms with E-state index in [0.717, 1.165) is 23.0 Å². The molecule has 0 aromatic carbocycles. The zero-order chi connectivity index (χ0) is 45.5. The Balaban J connectivity index is 2.70. The first-order chi connectivity index (χ1) is 30.1. The van der Waals surface area contributed by atoms with Gasteiger partial charge in [-0.15, -0.1) is 0 Å². The van der Waals surface area contributed by atoms with Crippen LogP contribution >= 0.6 is 23.5 Å². The fourth-order valence-corrected chi connectivity index (χ4v) is 10.4. The first-order valence-corrected chi connectivity index (χ1v) is 27.5. The largest absolute Gasteiger partial charge is 0.463 e. The highest BCUT2D eigenvalue weighted by molar-refractivity contribution is 8.00. The first kappa shape index (κ1) is 58.5. The molecule has 0 unspecified atom stereocenters. The van der Waals surface area contributed by atoms with Gasteiger partial charge in [-0.05, 0) is 35.9 Å². The van der Waals surface area contributed by atoms with E-state index in [2.05, 4.69) is 13.8 Å². The number of hydrogen-bond acceptors (Lipinski definition) is 12. The molecule has 0 bridgehead atoms. The average molecular weight is 917 g/mol. The quantitative estimate of drug-likeness (QED) is 0.0329. The summed E-state index contributed by atoms with van der Waals surface area (Å²) in [6, 6.07) is 0. The number of hydrogen-bond donors (Lipinski definition) is 0. The maximum Gasteiger partial charge on any atom is 0.303 e. The number of carbonyl (C=O) groups excluding carboxylic acids is 4. The summed E-state index contributed by atoms with van der Waals surface area (Å²) in [5, 5.41) is 0.